The number of nitrogens with zero attached hydrogens (tertiary/aromatic N) is 1. The summed E-state index contributed by atoms with van der Waals surface area (Å²) in [5, 5.41) is 0. The van der Waals surface area contributed by atoms with E-state index < -0.39 is 0 Å². The van der Waals surface area contributed by atoms with Crippen molar-refractivity contribution in [2.24, 2.45) is 46.3 Å². The molecule has 3 saturated carbocycles. The zero-order valence-corrected chi connectivity index (χ0v) is 25.6. The van der Waals surface area contributed by atoms with Crippen molar-refractivity contribution in [3.8, 4) is 0 Å². The third kappa shape index (κ3) is 5.80. The Labute approximate surface area is 234 Å². The van der Waals surface area contributed by atoms with Crippen molar-refractivity contribution in [2.75, 3.05) is 19.6 Å². The summed E-state index contributed by atoms with van der Waals surface area (Å²) in [7, 11) is 0. The summed E-state index contributed by atoms with van der Waals surface area (Å²) in [5.41, 5.74) is 2.53. The molecule has 0 unspecified atom stereocenters. The molecule has 38 heavy (non-hydrogen) atoms. The Balaban J connectivity index is 1.17. The van der Waals surface area contributed by atoms with Crippen LogP contribution in [0.15, 0.2) is 11.6 Å². The summed E-state index contributed by atoms with van der Waals surface area (Å²) < 4.78 is 6.08. The zero-order valence-electron chi connectivity index (χ0n) is 25.6. The Morgan fingerprint density at radius 1 is 1.00 bits per heavy atom. The fraction of sp³-hybridized carbons (Fsp3) is 0.914. The number of hydrogen-bond acceptors (Lipinski definition) is 3. The van der Waals surface area contributed by atoms with Gasteiger partial charge in [-0.25, -0.2) is 0 Å². The third-order valence-corrected chi connectivity index (χ3v) is 12.6. The lowest BCUT2D eigenvalue weighted by molar-refractivity contribution is -0.152. The number of likely N-dealkylation sites (tertiary alicyclic amines) is 1. The molecule has 0 aromatic rings. The normalized spacial score (nSPS) is 40.2. The molecule has 0 aromatic carbocycles. The van der Waals surface area contributed by atoms with E-state index in [2.05, 4.69) is 45.6 Å². The number of carbonyl (C=O) groups is 1. The molecule has 0 N–H and O–H groups in total. The van der Waals surface area contributed by atoms with Gasteiger partial charge in [-0.15, -0.1) is 0 Å². The molecule has 0 amide bonds. The van der Waals surface area contributed by atoms with E-state index in [4.69, 9.17) is 4.74 Å². The van der Waals surface area contributed by atoms with Crippen LogP contribution in [0.4, 0.5) is 0 Å². The highest BCUT2D eigenvalue weighted by Gasteiger charge is 2.59. The highest BCUT2D eigenvalue weighted by molar-refractivity contribution is 5.69. The molecule has 3 heteroatoms. The van der Waals surface area contributed by atoms with Crippen LogP contribution < -0.4 is 0 Å². The van der Waals surface area contributed by atoms with Gasteiger partial charge in [-0.05, 0) is 117 Å². The highest BCUT2D eigenvalue weighted by atomic mass is 16.5. The van der Waals surface area contributed by atoms with E-state index in [0.717, 1.165) is 68.0 Å². The molecule has 5 rings (SSSR count). The smallest absolute Gasteiger partial charge is 0.307 e. The molecule has 0 aromatic heterocycles. The van der Waals surface area contributed by atoms with Gasteiger partial charge in [0.1, 0.15) is 6.10 Å². The van der Waals surface area contributed by atoms with Crippen LogP contribution in [0.1, 0.15) is 131 Å². The molecule has 1 saturated heterocycles. The monoisotopic (exact) mass is 525 g/mol. The number of piperidine rings is 1. The van der Waals surface area contributed by atoms with Crippen LogP contribution in [0.3, 0.4) is 0 Å². The summed E-state index contributed by atoms with van der Waals surface area (Å²) in [5.74, 6) is 5.31. The van der Waals surface area contributed by atoms with Crippen molar-refractivity contribution in [1.29, 1.82) is 0 Å². The Bertz CT molecular complexity index is 843. The SMILES string of the molecule is CC(C)CCC[C@@H](C)[C@H]1CC[C@H]2[C@@H]3CC=C4C[C@H](OC(=O)CCN5CCCCC5)CC[C@]4(C)[C@H]3CC[C@]12C. The van der Waals surface area contributed by atoms with Crippen molar-refractivity contribution in [2.45, 2.75) is 137 Å². The summed E-state index contributed by atoms with van der Waals surface area (Å²) >= 11 is 0. The van der Waals surface area contributed by atoms with E-state index in [9.17, 15) is 4.79 Å². The number of allylic oxidation sites excluding steroid dienone is 1. The number of esters is 1. The summed E-state index contributed by atoms with van der Waals surface area (Å²) in [6.07, 6.45) is 21.8. The lowest BCUT2D eigenvalue weighted by Gasteiger charge is -2.58. The van der Waals surface area contributed by atoms with E-state index >= 15 is 0 Å². The lowest BCUT2D eigenvalue weighted by atomic mass is 9.47. The minimum Gasteiger partial charge on any atom is -0.462 e. The van der Waals surface area contributed by atoms with E-state index in [-0.39, 0.29) is 12.1 Å². The Morgan fingerprint density at radius 3 is 2.55 bits per heavy atom. The Morgan fingerprint density at radius 2 is 1.79 bits per heavy atom. The molecule has 4 fully saturated rings. The first-order valence-corrected chi connectivity index (χ1v) is 16.8. The van der Waals surface area contributed by atoms with E-state index in [1.54, 1.807) is 5.57 Å². The number of ether oxygens (including phenoxy) is 1. The topological polar surface area (TPSA) is 29.5 Å². The van der Waals surface area contributed by atoms with Crippen molar-refractivity contribution in [1.82, 2.24) is 4.90 Å². The predicted molar refractivity (Wildman–Crippen MR) is 158 cm³/mol. The van der Waals surface area contributed by atoms with Crippen LogP contribution in [-0.2, 0) is 9.53 Å². The quantitative estimate of drug-likeness (QED) is 0.222. The van der Waals surface area contributed by atoms with Gasteiger partial charge >= 0.3 is 5.97 Å². The summed E-state index contributed by atoms with van der Waals surface area (Å²) in [6, 6.07) is 0. The fourth-order valence-corrected chi connectivity index (χ4v) is 10.4. The standard InChI is InChI=1S/C35H59NO2/c1-25(2)10-9-11-26(3)30-14-15-31-29-13-12-27-24-28(38-33(37)18-23-36-21-7-6-8-22-36)16-19-34(27,4)32(29)17-20-35(30,31)5/h12,25-26,28-32H,6-11,13-24H2,1-5H3/t26-,28-,29+,30-,31+,32+,34+,35-/m1/s1. The minimum absolute atomic E-state index is 0.0337. The summed E-state index contributed by atoms with van der Waals surface area (Å²) in [6.45, 7) is 15.8. The van der Waals surface area contributed by atoms with E-state index in [1.165, 1.54) is 77.0 Å². The molecule has 0 spiro atoms. The maximum Gasteiger partial charge on any atom is 0.307 e. The predicted octanol–water partition coefficient (Wildman–Crippen LogP) is 8.82. The maximum atomic E-state index is 12.7. The molecule has 8 atom stereocenters. The fourth-order valence-electron chi connectivity index (χ4n) is 10.4. The molecule has 1 aliphatic heterocycles. The summed E-state index contributed by atoms with van der Waals surface area (Å²) in [4.78, 5) is 15.1. The van der Waals surface area contributed by atoms with Gasteiger partial charge in [0.25, 0.3) is 0 Å². The average molecular weight is 526 g/mol. The van der Waals surface area contributed by atoms with Crippen molar-refractivity contribution >= 4 is 5.97 Å². The first-order valence-electron chi connectivity index (χ1n) is 16.8. The van der Waals surface area contributed by atoms with E-state index in [1.807, 2.05) is 0 Å². The van der Waals surface area contributed by atoms with Gasteiger partial charge in [0, 0.05) is 13.0 Å². The van der Waals surface area contributed by atoms with Gasteiger partial charge in [0.2, 0.25) is 0 Å². The molecule has 3 nitrogen and oxygen atoms in total. The molecule has 4 aliphatic carbocycles. The largest absolute Gasteiger partial charge is 0.462 e. The van der Waals surface area contributed by atoms with Gasteiger partial charge in [0.05, 0.1) is 6.42 Å². The third-order valence-electron chi connectivity index (χ3n) is 12.6. The average Bonchev–Trinajstić information content (AvgIpc) is 3.25. The zero-order chi connectivity index (χ0) is 26.9. The van der Waals surface area contributed by atoms with Gasteiger partial charge in [-0.2, -0.15) is 0 Å². The first kappa shape index (κ1) is 28.7. The van der Waals surface area contributed by atoms with Crippen LogP contribution in [0.2, 0.25) is 0 Å². The van der Waals surface area contributed by atoms with Crippen LogP contribution in [-0.4, -0.2) is 36.6 Å². The minimum atomic E-state index is 0.0337. The number of carbonyl (C=O) groups excluding carboxylic acids is 1. The van der Waals surface area contributed by atoms with Crippen molar-refractivity contribution in [3.63, 3.8) is 0 Å². The van der Waals surface area contributed by atoms with E-state index in [0.29, 0.717) is 17.3 Å². The van der Waals surface area contributed by atoms with Crippen molar-refractivity contribution in [3.05, 3.63) is 11.6 Å². The van der Waals surface area contributed by atoms with Crippen LogP contribution in [0, 0.1) is 46.3 Å². The molecule has 1 heterocycles. The van der Waals surface area contributed by atoms with Crippen LogP contribution >= 0.6 is 0 Å². The molecule has 0 radical (unpaired) electrons. The molecule has 5 aliphatic rings. The second-order valence-electron chi connectivity index (χ2n) is 15.3. The van der Waals surface area contributed by atoms with Gasteiger partial charge in [0.15, 0.2) is 0 Å². The molecular formula is C35H59NO2. The molecule has 0 bridgehead atoms. The van der Waals surface area contributed by atoms with Gasteiger partial charge in [-0.1, -0.05) is 72.0 Å². The maximum absolute atomic E-state index is 12.7. The highest BCUT2D eigenvalue weighted by Crippen LogP contribution is 2.67. The second-order valence-corrected chi connectivity index (χ2v) is 15.3. The molecule has 216 valence electrons. The van der Waals surface area contributed by atoms with Gasteiger partial charge < -0.3 is 9.64 Å². The number of rotatable bonds is 9. The van der Waals surface area contributed by atoms with Crippen molar-refractivity contribution < 1.29 is 9.53 Å². The Kier molecular flexibility index (Phi) is 9.03. The van der Waals surface area contributed by atoms with Crippen LogP contribution in [0.5, 0.6) is 0 Å². The lowest BCUT2D eigenvalue weighted by Crippen LogP contribution is -2.51. The van der Waals surface area contributed by atoms with Crippen LogP contribution in [0.25, 0.3) is 0 Å². The number of hydrogen-bond donors (Lipinski definition) is 0. The van der Waals surface area contributed by atoms with Gasteiger partial charge in [-0.3, -0.25) is 4.79 Å². The number of fused-ring (bicyclic) bond motifs is 5. The second kappa shape index (κ2) is 12.0. The first-order chi connectivity index (χ1) is 18.2. The Hall–Kier alpha value is -0.830. The molecular weight excluding hydrogens is 466 g/mol.